The van der Waals surface area contributed by atoms with E-state index in [1.807, 2.05) is 28.6 Å². The third-order valence-corrected chi connectivity index (χ3v) is 6.97. The first kappa shape index (κ1) is 21.6. The number of benzene rings is 1. The molecule has 1 aromatic heterocycles. The van der Waals surface area contributed by atoms with Crippen molar-refractivity contribution in [2.24, 2.45) is 7.05 Å². The monoisotopic (exact) mass is 758 g/mol. The van der Waals surface area contributed by atoms with Crippen molar-refractivity contribution < 1.29 is 32.5 Å². The van der Waals surface area contributed by atoms with Gasteiger partial charge in [-0.2, -0.15) is 1.33 Å². The van der Waals surface area contributed by atoms with Crippen LogP contribution in [0.15, 0.2) is 36.7 Å². The summed E-state index contributed by atoms with van der Waals surface area (Å²) >= 11 is 6.85. The standard InChI is InChI=1S/C12H11F3N2.C4H7I2N.Pt/c1-16-6-7-17(9-16)8-10-2-4-11(5-3-10)12(13,14)15;5-7(6)4-2-1-3-4;/h2-7H,8H2,1H3;4H,1-3H2;. The Morgan fingerprint density at radius 1 is 1.16 bits per heavy atom. The third kappa shape index (κ3) is 6.46. The molecule has 3 nitrogen and oxygen atoms in total. The van der Waals surface area contributed by atoms with Crippen molar-refractivity contribution in [3.63, 3.8) is 0 Å². The predicted molar refractivity (Wildman–Crippen MR) is 105 cm³/mol. The fourth-order valence-corrected chi connectivity index (χ4v) is 3.82. The summed E-state index contributed by atoms with van der Waals surface area (Å²) in [5.74, 6) is 0. The van der Waals surface area contributed by atoms with E-state index in [-0.39, 0.29) is 0 Å². The summed E-state index contributed by atoms with van der Waals surface area (Å²) < 4.78 is 44.4. The van der Waals surface area contributed by atoms with E-state index in [1.165, 1.54) is 31.4 Å². The Bertz CT molecular complexity index is 734. The molecule has 2 aromatic rings. The molecule has 1 saturated carbocycles. The minimum atomic E-state index is -4.27. The Labute approximate surface area is 184 Å². The molecule has 0 saturated heterocycles. The second kappa shape index (κ2) is 9.50. The van der Waals surface area contributed by atoms with Crippen molar-refractivity contribution in [3.05, 3.63) is 51.6 Å². The van der Waals surface area contributed by atoms with Crippen molar-refractivity contribution in [2.45, 2.75) is 38.0 Å². The molecule has 0 spiro atoms. The van der Waals surface area contributed by atoms with Gasteiger partial charge in [0.1, 0.15) is 0 Å². The normalized spacial score (nSPS) is 14.9. The number of imidazole rings is 1. The summed E-state index contributed by atoms with van der Waals surface area (Å²) in [7, 11) is 1.92. The van der Waals surface area contributed by atoms with Gasteiger partial charge in [-0.05, 0) is 12.8 Å². The molecule has 0 unspecified atom stereocenters. The average Bonchev–Trinajstić information content (AvgIpc) is 2.77. The van der Waals surface area contributed by atoms with E-state index in [0.717, 1.165) is 27.5 Å². The fraction of sp³-hybridized carbons (Fsp3) is 0.438. The van der Waals surface area contributed by atoms with Crippen molar-refractivity contribution in [1.82, 2.24) is 10.5 Å². The molecule has 1 fully saturated rings. The summed E-state index contributed by atoms with van der Waals surface area (Å²) in [6.45, 7) is 0.567. The van der Waals surface area contributed by atoms with Crippen LogP contribution in [0.3, 0.4) is 0 Å². The first-order valence-electron chi connectivity index (χ1n) is 7.62. The van der Waals surface area contributed by atoms with Crippen LogP contribution in [0.1, 0.15) is 30.4 Å². The van der Waals surface area contributed by atoms with Crippen LogP contribution in [-0.2, 0) is 39.1 Å². The molecule has 0 aliphatic heterocycles. The molecule has 1 aromatic carbocycles. The number of aryl methyl sites for hydroxylation is 1. The number of alkyl halides is 3. The zero-order valence-corrected chi connectivity index (χ0v) is 20.0. The number of hydrogen-bond acceptors (Lipinski definition) is 1. The van der Waals surface area contributed by atoms with E-state index in [4.69, 9.17) is 0 Å². The van der Waals surface area contributed by atoms with Gasteiger partial charge in [-0.3, -0.25) is 0 Å². The van der Waals surface area contributed by atoms with E-state index in [1.54, 1.807) is 0 Å². The van der Waals surface area contributed by atoms with Crippen LogP contribution in [0.4, 0.5) is 13.2 Å². The second-order valence-corrected chi connectivity index (χ2v) is 10.8. The summed E-state index contributed by atoms with van der Waals surface area (Å²) in [5.41, 5.74) is 0.233. The number of nitrogens with zero attached hydrogens (tertiary/aromatic N) is 3. The molecular formula is C16H18F3I2N3Pt. The predicted octanol–water partition coefficient (Wildman–Crippen LogP) is 5.51. The van der Waals surface area contributed by atoms with Gasteiger partial charge in [0.2, 0.25) is 0 Å². The van der Waals surface area contributed by atoms with Gasteiger partial charge < -0.3 is 0 Å². The van der Waals surface area contributed by atoms with Gasteiger partial charge in [-0.15, -0.1) is 0 Å². The van der Waals surface area contributed by atoms with Crippen LogP contribution in [0.25, 0.3) is 0 Å². The van der Waals surface area contributed by atoms with E-state index in [2.05, 4.69) is 66.4 Å². The zero-order valence-electron chi connectivity index (χ0n) is 13.4. The maximum Gasteiger partial charge on any atom is 0.0311 e. The van der Waals surface area contributed by atoms with Crippen molar-refractivity contribution >= 4 is 45.7 Å². The molecule has 25 heavy (non-hydrogen) atoms. The number of rotatable bonds is 3. The van der Waals surface area contributed by atoms with Gasteiger partial charge in [0, 0.05) is 51.8 Å². The first-order chi connectivity index (χ1) is 11.7. The Kier molecular flexibility index (Phi) is 8.22. The van der Waals surface area contributed by atoms with Crippen molar-refractivity contribution in [1.29, 1.82) is 0 Å². The van der Waals surface area contributed by atoms with Crippen LogP contribution >= 0.6 is 45.7 Å². The number of aromatic nitrogens is 2. The van der Waals surface area contributed by atoms with Crippen LogP contribution in [0.2, 0.25) is 0 Å². The first-order valence-corrected chi connectivity index (χ1v) is 10.7. The summed E-state index contributed by atoms with van der Waals surface area (Å²) in [4.78, 5) is 0. The van der Waals surface area contributed by atoms with Crippen LogP contribution in [0.5, 0.6) is 0 Å². The van der Waals surface area contributed by atoms with Crippen LogP contribution in [-0.4, -0.2) is 16.5 Å². The van der Waals surface area contributed by atoms with Gasteiger partial charge in [0.15, 0.2) is 0 Å². The molecule has 3 rings (SSSR count). The smallest absolute Gasteiger partial charge is 0.0311 e. The van der Waals surface area contributed by atoms with E-state index >= 15 is 0 Å². The quantitative estimate of drug-likeness (QED) is 0.298. The molecule has 1 aliphatic rings. The van der Waals surface area contributed by atoms with Gasteiger partial charge in [-0.1, -0.05) is 6.42 Å². The molecule has 1 heterocycles. The summed E-state index contributed by atoms with van der Waals surface area (Å²) in [6, 6.07) is 6.15. The number of halogens is 5. The van der Waals surface area contributed by atoms with Crippen molar-refractivity contribution in [2.75, 3.05) is 0 Å². The summed E-state index contributed by atoms with van der Waals surface area (Å²) in [5, 5.41) is 0. The van der Waals surface area contributed by atoms with Gasteiger partial charge in [-0.25, -0.2) is 0 Å². The molecule has 0 amide bonds. The minimum Gasteiger partial charge on any atom is -0.185 e. The molecule has 0 bridgehead atoms. The fourth-order valence-electron chi connectivity index (χ4n) is 2.19. The Morgan fingerprint density at radius 3 is 2.08 bits per heavy atom. The van der Waals surface area contributed by atoms with Gasteiger partial charge in [0.05, 0.1) is 0 Å². The molecule has 0 radical (unpaired) electrons. The molecule has 0 N–H and O–H groups in total. The average molecular weight is 758 g/mol. The molecule has 142 valence electrons. The molecule has 0 atom stereocenters. The summed E-state index contributed by atoms with van der Waals surface area (Å²) in [6.07, 6.45) is 3.80. The minimum absolute atomic E-state index is 0.567. The van der Waals surface area contributed by atoms with Gasteiger partial charge >= 0.3 is 113 Å². The van der Waals surface area contributed by atoms with E-state index < -0.39 is 11.7 Å². The van der Waals surface area contributed by atoms with Gasteiger partial charge in [0.25, 0.3) is 0 Å². The Balaban J connectivity index is 0.000000269. The van der Waals surface area contributed by atoms with E-state index in [9.17, 15) is 13.2 Å². The van der Waals surface area contributed by atoms with E-state index in [0.29, 0.717) is 6.54 Å². The largest absolute Gasteiger partial charge is 0.185 e. The Hall–Kier alpha value is 0.328. The molecule has 1 aliphatic carbocycles. The van der Waals surface area contributed by atoms with Crippen LogP contribution < -0.4 is 0 Å². The molecular weight excluding hydrogens is 740 g/mol. The zero-order chi connectivity index (χ0) is 18.6. The maximum atomic E-state index is 12.4. The number of hydrogen-bond donors (Lipinski definition) is 0. The third-order valence-electron chi connectivity index (χ3n) is 3.94. The SMILES string of the molecule is Cn1ccn(Cc2ccc(C(F)(F)F)cc2)[c]1=[Pt].IN(I)C1CCC1. The molecule has 9 heteroatoms. The second-order valence-electron chi connectivity index (χ2n) is 5.82. The maximum absolute atomic E-state index is 12.4. The van der Waals surface area contributed by atoms with Crippen molar-refractivity contribution in [3.8, 4) is 0 Å². The Morgan fingerprint density at radius 2 is 1.76 bits per heavy atom. The topological polar surface area (TPSA) is 13.1 Å². The van der Waals surface area contributed by atoms with Crippen LogP contribution in [0, 0.1) is 3.80 Å².